The van der Waals surface area contributed by atoms with Crippen LogP contribution >= 0.6 is 0 Å². The molecule has 10 rings (SSSR count). The van der Waals surface area contributed by atoms with Crippen LogP contribution in [0.4, 0.5) is 17.1 Å². The number of rotatable bonds is 4. The summed E-state index contributed by atoms with van der Waals surface area (Å²) in [5.74, 6) is 0. The first kappa shape index (κ1) is 29.6. The second-order valence-electron chi connectivity index (χ2n) is 14.5. The minimum absolute atomic E-state index is 0.0835. The maximum Gasteiger partial charge on any atom is 0.159 e. The summed E-state index contributed by atoms with van der Waals surface area (Å²) in [5.41, 5.74) is 9.98. The van der Waals surface area contributed by atoms with E-state index in [0.29, 0.717) is 0 Å². The number of hydrogen-bond acceptors (Lipinski definition) is 3. The van der Waals surface area contributed by atoms with Crippen molar-refractivity contribution in [2.75, 3.05) is 4.90 Å². The average Bonchev–Trinajstić information content (AvgIpc) is 3.74. The Balaban J connectivity index is 1.35. The molecule has 0 aliphatic rings. The number of fused-ring (bicyclic) bond motifs is 10. The van der Waals surface area contributed by atoms with Gasteiger partial charge in [-0.3, -0.25) is 0 Å². The van der Waals surface area contributed by atoms with Crippen molar-refractivity contribution in [1.29, 1.82) is 0 Å². The van der Waals surface area contributed by atoms with E-state index < -0.39 is 0 Å². The normalized spacial score (nSPS) is 12.2. The second-order valence-corrected chi connectivity index (χ2v) is 14.5. The molecule has 0 N–H and O–H groups in total. The van der Waals surface area contributed by atoms with Crippen molar-refractivity contribution in [1.82, 2.24) is 0 Å². The van der Waals surface area contributed by atoms with Gasteiger partial charge in [-0.1, -0.05) is 154 Å². The van der Waals surface area contributed by atoms with Crippen molar-refractivity contribution >= 4 is 82.5 Å². The van der Waals surface area contributed by atoms with Crippen LogP contribution in [0.2, 0.25) is 0 Å². The highest BCUT2D eigenvalue weighted by Crippen LogP contribution is 2.50. The van der Waals surface area contributed by atoms with Crippen LogP contribution in [0.5, 0.6) is 0 Å². The third-order valence-electron chi connectivity index (χ3n) is 10.4. The third kappa shape index (κ3) is 4.51. The summed E-state index contributed by atoms with van der Waals surface area (Å²) >= 11 is 0. The van der Waals surface area contributed by atoms with Crippen LogP contribution in [0.1, 0.15) is 26.3 Å². The van der Waals surface area contributed by atoms with E-state index in [9.17, 15) is 0 Å². The van der Waals surface area contributed by atoms with E-state index in [1.54, 1.807) is 0 Å². The molecule has 0 amide bonds. The summed E-state index contributed by atoms with van der Waals surface area (Å²) in [6.07, 6.45) is 0. The molecule has 0 spiro atoms. The van der Waals surface area contributed by atoms with Gasteiger partial charge in [-0.2, -0.15) is 0 Å². The predicted molar refractivity (Wildman–Crippen MR) is 215 cm³/mol. The highest BCUT2D eigenvalue weighted by Gasteiger charge is 2.27. The maximum atomic E-state index is 7.04. The van der Waals surface area contributed by atoms with E-state index >= 15 is 0 Å². The Labute approximate surface area is 296 Å². The summed E-state index contributed by atoms with van der Waals surface area (Å²) in [4.78, 5) is 2.39. The first-order valence-corrected chi connectivity index (χ1v) is 17.6. The zero-order valence-corrected chi connectivity index (χ0v) is 28.8. The minimum atomic E-state index is -0.0835. The van der Waals surface area contributed by atoms with Crippen LogP contribution in [-0.4, -0.2) is 0 Å². The molecule has 0 radical (unpaired) electrons. The SMILES string of the molecule is CC(C)(C)c1cccc2c1oc1c(N(c3ccccc3-c3ccccc3)c3cc4oc5c6ccccc6ccc5c4c4ccccc34)cccc12. The van der Waals surface area contributed by atoms with E-state index in [1.807, 2.05) is 0 Å². The lowest BCUT2D eigenvalue weighted by atomic mass is 9.86. The Morgan fingerprint density at radius 2 is 1.08 bits per heavy atom. The van der Waals surface area contributed by atoms with Crippen LogP contribution in [0, 0.1) is 0 Å². The lowest BCUT2D eigenvalue weighted by Crippen LogP contribution is -2.12. The van der Waals surface area contributed by atoms with E-state index in [1.165, 1.54) is 5.56 Å². The molecule has 2 aromatic heterocycles. The molecule has 0 atom stereocenters. The van der Waals surface area contributed by atoms with Gasteiger partial charge >= 0.3 is 0 Å². The monoisotopic (exact) mass is 657 g/mol. The highest BCUT2D eigenvalue weighted by molar-refractivity contribution is 6.26. The van der Waals surface area contributed by atoms with E-state index in [2.05, 4.69) is 183 Å². The fourth-order valence-corrected chi connectivity index (χ4v) is 8.03. The Morgan fingerprint density at radius 1 is 0.431 bits per heavy atom. The van der Waals surface area contributed by atoms with Crippen LogP contribution < -0.4 is 4.90 Å². The van der Waals surface area contributed by atoms with Gasteiger partial charge in [0, 0.05) is 49.5 Å². The van der Waals surface area contributed by atoms with E-state index in [0.717, 1.165) is 93.6 Å². The molecule has 0 aliphatic carbocycles. The molecule has 0 saturated carbocycles. The summed E-state index contributed by atoms with van der Waals surface area (Å²) < 4.78 is 13.9. The summed E-state index contributed by atoms with van der Waals surface area (Å²) in [6.45, 7) is 6.74. The van der Waals surface area contributed by atoms with Crippen molar-refractivity contribution in [2.24, 2.45) is 0 Å². The molecule has 0 unspecified atom stereocenters. The molecule has 0 aliphatic heterocycles. The number of hydrogen-bond donors (Lipinski definition) is 0. The largest absolute Gasteiger partial charge is 0.455 e. The lowest BCUT2D eigenvalue weighted by Gasteiger charge is -2.29. The maximum absolute atomic E-state index is 7.04. The summed E-state index contributed by atoms with van der Waals surface area (Å²) in [5, 5.41) is 9.03. The Morgan fingerprint density at radius 3 is 1.90 bits per heavy atom. The van der Waals surface area contributed by atoms with Crippen molar-refractivity contribution in [3.8, 4) is 11.1 Å². The molecule has 0 fully saturated rings. The van der Waals surface area contributed by atoms with Crippen LogP contribution in [0.15, 0.2) is 167 Å². The topological polar surface area (TPSA) is 29.5 Å². The Kier molecular flexibility index (Phi) is 6.44. The fourth-order valence-electron chi connectivity index (χ4n) is 8.03. The highest BCUT2D eigenvalue weighted by atomic mass is 16.3. The lowest BCUT2D eigenvalue weighted by molar-refractivity contribution is 0.573. The minimum Gasteiger partial charge on any atom is -0.455 e. The van der Waals surface area contributed by atoms with Crippen molar-refractivity contribution in [2.45, 2.75) is 26.2 Å². The molecule has 2 heterocycles. The molecule has 0 bridgehead atoms. The number of anilines is 3. The van der Waals surface area contributed by atoms with Gasteiger partial charge in [-0.15, -0.1) is 0 Å². The molecule has 244 valence electrons. The average molecular weight is 658 g/mol. The first-order chi connectivity index (χ1) is 25.0. The zero-order valence-electron chi connectivity index (χ0n) is 28.8. The van der Waals surface area contributed by atoms with Gasteiger partial charge in [0.1, 0.15) is 16.7 Å². The molecular weight excluding hydrogens is 623 g/mol. The zero-order chi connectivity index (χ0) is 34.3. The standard InChI is InChI=1S/C48H35NO2/c1-48(2,3)39-24-13-22-36-37-23-14-26-41(47(37)51-46(36)39)49(40-25-12-11-18-32(40)30-15-5-4-6-16-30)42-29-43-44(35-21-10-9-20-34(35)42)38-28-27-31-17-7-8-19-33(31)45(38)50-43/h4-29H,1-3H3. The number of nitrogens with zero attached hydrogens (tertiary/aromatic N) is 1. The Bertz CT molecular complexity index is 2960. The van der Waals surface area contributed by atoms with Gasteiger partial charge in [0.05, 0.1) is 17.1 Å². The number of furan rings is 2. The number of benzene rings is 8. The van der Waals surface area contributed by atoms with E-state index in [-0.39, 0.29) is 5.41 Å². The van der Waals surface area contributed by atoms with Crippen molar-refractivity contribution < 1.29 is 8.83 Å². The Hall–Kier alpha value is -6.32. The molecular formula is C48H35NO2. The predicted octanol–water partition coefficient (Wildman–Crippen LogP) is 14.2. The smallest absolute Gasteiger partial charge is 0.159 e. The summed E-state index contributed by atoms with van der Waals surface area (Å²) in [7, 11) is 0. The third-order valence-corrected chi connectivity index (χ3v) is 10.4. The molecule has 3 nitrogen and oxygen atoms in total. The fraction of sp³-hybridized carbons (Fsp3) is 0.0833. The number of para-hydroxylation sites is 3. The van der Waals surface area contributed by atoms with Crippen LogP contribution in [0.25, 0.3) is 76.5 Å². The molecule has 3 heteroatoms. The van der Waals surface area contributed by atoms with Crippen LogP contribution in [0.3, 0.4) is 0 Å². The summed E-state index contributed by atoms with van der Waals surface area (Å²) in [6, 6.07) is 56.2. The van der Waals surface area contributed by atoms with Crippen LogP contribution in [-0.2, 0) is 5.41 Å². The van der Waals surface area contributed by atoms with Gasteiger partial charge in [-0.05, 0) is 39.9 Å². The van der Waals surface area contributed by atoms with Gasteiger partial charge in [-0.25, -0.2) is 0 Å². The quantitative estimate of drug-likeness (QED) is 0.189. The molecule has 8 aromatic carbocycles. The molecule has 10 aromatic rings. The molecule has 0 saturated heterocycles. The van der Waals surface area contributed by atoms with Gasteiger partial charge < -0.3 is 13.7 Å². The van der Waals surface area contributed by atoms with E-state index in [4.69, 9.17) is 8.83 Å². The van der Waals surface area contributed by atoms with Gasteiger partial charge in [0.2, 0.25) is 0 Å². The van der Waals surface area contributed by atoms with Gasteiger partial charge in [0.15, 0.2) is 5.58 Å². The molecule has 51 heavy (non-hydrogen) atoms. The first-order valence-electron chi connectivity index (χ1n) is 17.6. The van der Waals surface area contributed by atoms with Crippen molar-refractivity contribution in [3.63, 3.8) is 0 Å². The second kappa shape index (κ2) is 11.1. The van der Waals surface area contributed by atoms with Crippen molar-refractivity contribution in [3.05, 3.63) is 163 Å². The van der Waals surface area contributed by atoms with Gasteiger partial charge in [0.25, 0.3) is 0 Å².